The van der Waals surface area contributed by atoms with Gasteiger partial charge in [-0.25, -0.2) is 9.97 Å². The summed E-state index contributed by atoms with van der Waals surface area (Å²) >= 11 is 1.61. The average Bonchev–Trinajstić information content (AvgIpc) is 3.47. The molecule has 2 aliphatic heterocycles. The number of nitrogens with one attached hydrogen (secondary N) is 1. The topological polar surface area (TPSA) is 110 Å². The molecule has 1 amide bonds. The highest BCUT2D eigenvalue weighted by molar-refractivity contribution is 7.22. The van der Waals surface area contributed by atoms with Gasteiger partial charge >= 0.3 is 0 Å². The molecule has 0 saturated carbocycles. The van der Waals surface area contributed by atoms with Gasteiger partial charge in [0.05, 0.1) is 35.7 Å². The molecular weight excluding hydrogens is 502 g/mol. The Bertz CT molecular complexity index is 1420. The van der Waals surface area contributed by atoms with E-state index >= 15 is 0 Å². The van der Waals surface area contributed by atoms with Gasteiger partial charge in [0, 0.05) is 43.6 Å². The Morgan fingerprint density at radius 2 is 1.84 bits per heavy atom. The number of pyridine rings is 2. The summed E-state index contributed by atoms with van der Waals surface area (Å²) in [5.41, 5.74) is 3.73. The molecule has 11 heteroatoms. The number of aryl methyl sites for hydroxylation is 1. The van der Waals surface area contributed by atoms with E-state index in [9.17, 15) is 4.79 Å². The van der Waals surface area contributed by atoms with E-state index in [-0.39, 0.29) is 12.3 Å². The van der Waals surface area contributed by atoms with Crippen molar-refractivity contribution in [1.29, 1.82) is 0 Å². The molecule has 4 aromatic heterocycles. The first kappa shape index (κ1) is 24.7. The van der Waals surface area contributed by atoms with Crippen LogP contribution in [0.1, 0.15) is 37.1 Å². The van der Waals surface area contributed by atoms with Gasteiger partial charge in [-0.1, -0.05) is 24.2 Å². The second kappa shape index (κ2) is 11.0. The van der Waals surface area contributed by atoms with Gasteiger partial charge in [-0.15, -0.1) is 0 Å². The number of anilines is 3. The van der Waals surface area contributed by atoms with E-state index in [2.05, 4.69) is 25.1 Å². The van der Waals surface area contributed by atoms with Crippen LogP contribution in [-0.4, -0.2) is 65.2 Å². The van der Waals surface area contributed by atoms with E-state index in [4.69, 9.17) is 19.1 Å². The van der Waals surface area contributed by atoms with Crippen molar-refractivity contribution in [3.05, 3.63) is 42.0 Å². The SMILES string of the molecule is Cc1cc(-c2nc(CC(=O)Nc3cc4sc(N5CCOCC5)nc4nc3N3CCCCCC3)co2)ccn1. The maximum Gasteiger partial charge on any atom is 0.230 e. The Hall–Kier alpha value is -3.57. The Kier molecular flexibility index (Phi) is 7.19. The number of rotatable bonds is 6. The predicted octanol–water partition coefficient (Wildman–Crippen LogP) is 4.45. The van der Waals surface area contributed by atoms with Crippen LogP contribution in [0.5, 0.6) is 0 Å². The summed E-state index contributed by atoms with van der Waals surface area (Å²) in [6, 6.07) is 5.78. The molecule has 0 radical (unpaired) electrons. The quantitative estimate of drug-likeness (QED) is 0.384. The van der Waals surface area contributed by atoms with Gasteiger partial charge in [-0.2, -0.15) is 4.98 Å². The van der Waals surface area contributed by atoms with Crippen molar-refractivity contribution in [1.82, 2.24) is 19.9 Å². The summed E-state index contributed by atoms with van der Waals surface area (Å²) in [5, 5.41) is 4.07. The number of amides is 1. The monoisotopic (exact) mass is 533 g/mol. The van der Waals surface area contributed by atoms with Crippen molar-refractivity contribution in [2.24, 2.45) is 0 Å². The number of hydrogen-bond donors (Lipinski definition) is 1. The number of thiazole rings is 1. The smallest absolute Gasteiger partial charge is 0.230 e. The van der Waals surface area contributed by atoms with Crippen LogP contribution in [0.25, 0.3) is 21.8 Å². The van der Waals surface area contributed by atoms with Crippen LogP contribution in [0, 0.1) is 6.92 Å². The largest absolute Gasteiger partial charge is 0.444 e. The second-order valence-corrected chi connectivity index (χ2v) is 10.7. The normalized spacial score (nSPS) is 16.6. The lowest BCUT2D eigenvalue weighted by atomic mass is 10.2. The van der Waals surface area contributed by atoms with Gasteiger partial charge in [-0.3, -0.25) is 9.78 Å². The molecular formula is C27H31N7O3S. The third kappa shape index (κ3) is 5.48. The Balaban J connectivity index is 1.25. The van der Waals surface area contributed by atoms with Crippen molar-refractivity contribution < 1.29 is 13.9 Å². The molecule has 0 unspecified atom stereocenters. The third-order valence-corrected chi connectivity index (χ3v) is 7.90. The summed E-state index contributed by atoms with van der Waals surface area (Å²) in [7, 11) is 0. The highest BCUT2D eigenvalue weighted by Crippen LogP contribution is 2.35. The lowest BCUT2D eigenvalue weighted by molar-refractivity contribution is -0.115. The van der Waals surface area contributed by atoms with Crippen LogP contribution in [0.3, 0.4) is 0 Å². The molecule has 198 valence electrons. The molecule has 0 bridgehead atoms. The molecule has 38 heavy (non-hydrogen) atoms. The van der Waals surface area contributed by atoms with Crippen molar-refractivity contribution in [3.8, 4) is 11.5 Å². The number of nitrogens with zero attached hydrogens (tertiary/aromatic N) is 6. The number of hydrogen-bond acceptors (Lipinski definition) is 10. The molecule has 2 aliphatic rings. The fourth-order valence-corrected chi connectivity index (χ4v) is 5.91. The van der Waals surface area contributed by atoms with Gasteiger partial charge in [0.2, 0.25) is 11.8 Å². The fraction of sp³-hybridized carbons (Fsp3) is 0.444. The number of aromatic nitrogens is 4. The minimum Gasteiger partial charge on any atom is -0.444 e. The summed E-state index contributed by atoms with van der Waals surface area (Å²) in [5.74, 6) is 1.11. The van der Waals surface area contributed by atoms with Crippen molar-refractivity contribution in [2.45, 2.75) is 39.0 Å². The van der Waals surface area contributed by atoms with E-state index in [0.29, 0.717) is 24.8 Å². The highest BCUT2D eigenvalue weighted by atomic mass is 32.1. The first-order valence-corrected chi connectivity index (χ1v) is 14.0. The molecule has 4 aromatic rings. The second-order valence-electron chi connectivity index (χ2n) is 9.73. The number of carbonyl (C=O) groups excluding carboxylic acids is 1. The Morgan fingerprint density at radius 1 is 1.03 bits per heavy atom. The standard InChI is InChI=1S/C27H31N7O3S/c1-18-14-19(6-7-28-18)26-29-20(17-37-26)15-23(35)30-21-16-22-24(31-25(21)33-8-4-2-3-5-9-33)32-27(38-22)34-10-12-36-13-11-34/h6-7,14,16-17H,2-5,8-13,15H2,1H3,(H,30,35). The van der Waals surface area contributed by atoms with Gasteiger partial charge in [0.1, 0.15) is 6.26 Å². The van der Waals surface area contributed by atoms with Crippen molar-refractivity contribution in [2.75, 3.05) is 54.5 Å². The zero-order valence-corrected chi connectivity index (χ0v) is 22.3. The highest BCUT2D eigenvalue weighted by Gasteiger charge is 2.22. The van der Waals surface area contributed by atoms with Gasteiger partial charge < -0.3 is 24.3 Å². The molecule has 0 atom stereocenters. The number of fused-ring (bicyclic) bond motifs is 1. The van der Waals surface area contributed by atoms with Crippen molar-refractivity contribution >= 4 is 44.2 Å². The zero-order valence-electron chi connectivity index (χ0n) is 21.5. The van der Waals surface area contributed by atoms with Crippen LogP contribution < -0.4 is 15.1 Å². The minimum atomic E-state index is -0.161. The molecule has 1 N–H and O–H groups in total. The molecule has 10 nitrogen and oxygen atoms in total. The van der Waals surface area contributed by atoms with Crippen LogP contribution in [0.2, 0.25) is 0 Å². The summed E-state index contributed by atoms with van der Waals surface area (Å²) < 4.78 is 12.1. The predicted molar refractivity (Wildman–Crippen MR) is 148 cm³/mol. The molecule has 6 rings (SSSR count). The van der Waals surface area contributed by atoms with Crippen LogP contribution in [-0.2, 0) is 16.0 Å². The first-order chi connectivity index (χ1) is 18.6. The molecule has 2 saturated heterocycles. The zero-order chi connectivity index (χ0) is 25.9. The maximum atomic E-state index is 13.2. The van der Waals surface area contributed by atoms with Crippen LogP contribution in [0.4, 0.5) is 16.6 Å². The molecule has 0 aliphatic carbocycles. The summed E-state index contributed by atoms with van der Waals surface area (Å²) in [4.78, 5) is 36.3. The maximum absolute atomic E-state index is 13.2. The van der Waals surface area contributed by atoms with Gasteiger partial charge in [-0.05, 0) is 38.0 Å². The van der Waals surface area contributed by atoms with Crippen molar-refractivity contribution in [3.63, 3.8) is 0 Å². The Labute approximate surface area is 225 Å². The van der Waals surface area contributed by atoms with E-state index < -0.39 is 0 Å². The van der Waals surface area contributed by atoms with Crippen LogP contribution >= 0.6 is 11.3 Å². The third-order valence-electron chi connectivity index (χ3n) is 6.85. The summed E-state index contributed by atoms with van der Waals surface area (Å²) in [6.07, 6.45) is 8.01. The number of morpholine rings is 1. The van der Waals surface area contributed by atoms with E-state index in [0.717, 1.165) is 77.3 Å². The van der Waals surface area contributed by atoms with E-state index in [1.54, 1.807) is 23.8 Å². The van der Waals surface area contributed by atoms with E-state index in [1.165, 1.54) is 12.8 Å². The minimum absolute atomic E-state index is 0.104. The lowest BCUT2D eigenvalue weighted by Gasteiger charge is -2.25. The number of oxazole rings is 1. The number of carbonyl (C=O) groups is 1. The van der Waals surface area contributed by atoms with Gasteiger partial charge in [0.15, 0.2) is 16.6 Å². The fourth-order valence-electron chi connectivity index (χ4n) is 4.91. The first-order valence-electron chi connectivity index (χ1n) is 13.2. The summed E-state index contributed by atoms with van der Waals surface area (Å²) in [6.45, 7) is 6.80. The molecule has 2 fully saturated rings. The average molecular weight is 534 g/mol. The Morgan fingerprint density at radius 3 is 2.63 bits per heavy atom. The molecule has 0 aromatic carbocycles. The lowest BCUT2D eigenvalue weighted by Crippen LogP contribution is -2.36. The van der Waals surface area contributed by atoms with Crippen LogP contribution in [0.15, 0.2) is 35.1 Å². The molecule has 6 heterocycles. The molecule has 0 spiro atoms. The van der Waals surface area contributed by atoms with Gasteiger partial charge in [0.25, 0.3) is 0 Å². The van der Waals surface area contributed by atoms with E-state index in [1.807, 2.05) is 25.1 Å². The number of ether oxygens (including phenoxy) is 1.